The van der Waals surface area contributed by atoms with Crippen LogP contribution in [-0.4, -0.2) is 31.4 Å². The number of carboxylic acid groups (broad SMARTS) is 1. The number of rotatable bonds is 4. The van der Waals surface area contributed by atoms with Gasteiger partial charge < -0.3 is 9.67 Å². The molecule has 0 unspecified atom stereocenters. The molecule has 0 aliphatic rings. The Morgan fingerprint density at radius 2 is 2.44 bits per heavy atom. The lowest BCUT2D eigenvalue weighted by atomic mass is 10.4. The van der Waals surface area contributed by atoms with E-state index in [2.05, 4.69) is 9.97 Å². The molecule has 84 valence electrons. The fourth-order valence-electron chi connectivity index (χ4n) is 1.43. The van der Waals surface area contributed by atoms with Crippen molar-refractivity contribution in [2.45, 2.75) is 5.75 Å². The maximum atomic E-state index is 10.4. The average molecular weight is 237 g/mol. The molecule has 0 amide bonds. The molecule has 0 spiro atoms. The van der Waals surface area contributed by atoms with E-state index in [0.717, 1.165) is 17.0 Å². The van der Waals surface area contributed by atoms with Gasteiger partial charge in [-0.25, -0.2) is 9.97 Å². The number of imidazole rings is 1. The summed E-state index contributed by atoms with van der Waals surface area (Å²) < 4.78 is 1.89. The van der Waals surface area contributed by atoms with Crippen LogP contribution in [-0.2, 0) is 17.6 Å². The van der Waals surface area contributed by atoms with Gasteiger partial charge >= 0.3 is 5.97 Å². The molecule has 0 fully saturated rings. The molecule has 0 aromatic carbocycles. The molecule has 0 bridgehead atoms. The van der Waals surface area contributed by atoms with Crippen molar-refractivity contribution in [3.8, 4) is 0 Å². The fourth-order valence-corrected chi connectivity index (χ4v) is 2.15. The summed E-state index contributed by atoms with van der Waals surface area (Å²) in [4.78, 5) is 19.0. The number of carbonyl (C=O) groups is 1. The summed E-state index contributed by atoms with van der Waals surface area (Å²) in [6.45, 7) is 0. The molecular formula is C10H11N3O2S. The smallest absolute Gasteiger partial charge is 0.313 e. The Kier molecular flexibility index (Phi) is 3.09. The van der Waals surface area contributed by atoms with Gasteiger partial charge in [0.25, 0.3) is 0 Å². The standard InChI is InChI=1S/C10H11N3O2S/c1-13-8(5-16-6-9(14)15)12-7-3-2-4-11-10(7)13/h2-4H,5-6H2,1H3,(H,14,15). The second-order valence-electron chi connectivity index (χ2n) is 3.32. The zero-order valence-electron chi connectivity index (χ0n) is 8.75. The number of aryl methyl sites for hydroxylation is 1. The van der Waals surface area contributed by atoms with E-state index in [4.69, 9.17) is 5.11 Å². The van der Waals surface area contributed by atoms with Crippen LogP contribution in [0.1, 0.15) is 5.82 Å². The van der Waals surface area contributed by atoms with Crippen LogP contribution < -0.4 is 0 Å². The number of aliphatic carboxylic acids is 1. The first kappa shape index (κ1) is 10.9. The van der Waals surface area contributed by atoms with Gasteiger partial charge in [0.05, 0.1) is 11.5 Å². The highest BCUT2D eigenvalue weighted by molar-refractivity contribution is 7.99. The minimum absolute atomic E-state index is 0.0939. The molecule has 0 saturated heterocycles. The molecule has 0 aliphatic heterocycles. The van der Waals surface area contributed by atoms with E-state index in [0.29, 0.717) is 5.75 Å². The van der Waals surface area contributed by atoms with Crippen molar-refractivity contribution in [1.82, 2.24) is 14.5 Å². The van der Waals surface area contributed by atoms with Crippen LogP contribution in [0.2, 0.25) is 0 Å². The Hall–Kier alpha value is -1.56. The summed E-state index contributed by atoms with van der Waals surface area (Å²) in [6, 6.07) is 3.73. The highest BCUT2D eigenvalue weighted by Crippen LogP contribution is 2.16. The third-order valence-electron chi connectivity index (χ3n) is 2.18. The molecule has 0 atom stereocenters. The monoisotopic (exact) mass is 237 g/mol. The molecule has 5 nitrogen and oxygen atoms in total. The second-order valence-corrected chi connectivity index (χ2v) is 4.31. The molecule has 0 aliphatic carbocycles. The Morgan fingerprint density at radius 3 is 3.12 bits per heavy atom. The predicted octanol–water partition coefficient (Wildman–Crippen LogP) is 1.29. The van der Waals surface area contributed by atoms with E-state index < -0.39 is 5.97 Å². The molecule has 1 N–H and O–H groups in total. The Bertz CT molecular complexity index is 524. The molecule has 2 heterocycles. The highest BCUT2D eigenvalue weighted by Gasteiger charge is 2.08. The first-order valence-electron chi connectivity index (χ1n) is 4.74. The van der Waals surface area contributed by atoms with Gasteiger partial charge in [0.15, 0.2) is 5.65 Å². The average Bonchev–Trinajstić information content (AvgIpc) is 2.56. The number of fused-ring (bicyclic) bond motifs is 1. The minimum atomic E-state index is -0.804. The normalized spacial score (nSPS) is 10.8. The van der Waals surface area contributed by atoms with Crippen molar-refractivity contribution < 1.29 is 9.90 Å². The van der Waals surface area contributed by atoms with Crippen LogP contribution in [0.5, 0.6) is 0 Å². The van der Waals surface area contributed by atoms with Crippen LogP contribution >= 0.6 is 11.8 Å². The molecule has 2 aromatic heterocycles. The zero-order chi connectivity index (χ0) is 11.5. The van der Waals surface area contributed by atoms with Gasteiger partial charge in [-0.15, -0.1) is 11.8 Å². The number of nitrogens with zero attached hydrogens (tertiary/aromatic N) is 3. The first-order chi connectivity index (χ1) is 7.68. The lowest BCUT2D eigenvalue weighted by Crippen LogP contribution is -2.01. The van der Waals surface area contributed by atoms with Gasteiger partial charge in [0.1, 0.15) is 11.3 Å². The van der Waals surface area contributed by atoms with Crippen molar-refractivity contribution >= 4 is 28.9 Å². The van der Waals surface area contributed by atoms with E-state index >= 15 is 0 Å². The number of aromatic nitrogens is 3. The summed E-state index contributed by atoms with van der Waals surface area (Å²) >= 11 is 1.33. The van der Waals surface area contributed by atoms with Gasteiger partial charge in [-0.3, -0.25) is 4.79 Å². The minimum Gasteiger partial charge on any atom is -0.481 e. The van der Waals surface area contributed by atoms with Crippen LogP contribution in [0.3, 0.4) is 0 Å². The number of hydrogen-bond acceptors (Lipinski definition) is 4. The summed E-state index contributed by atoms with van der Waals surface area (Å²) in [5.74, 6) is 0.720. The van der Waals surface area contributed by atoms with Crippen LogP contribution in [0.4, 0.5) is 0 Å². The third-order valence-corrected chi connectivity index (χ3v) is 3.09. The molecule has 6 heteroatoms. The summed E-state index contributed by atoms with van der Waals surface area (Å²) in [5, 5.41) is 8.54. The zero-order valence-corrected chi connectivity index (χ0v) is 9.57. The maximum Gasteiger partial charge on any atom is 0.313 e. The van der Waals surface area contributed by atoms with Gasteiger partial charge in [0.2, 0.25) is 0 Å². The molecule has 16 heavy (non-hydrogen) atoms. The third kappa shape index (κ3) is 2.16. The Balaban J connectivity index is 2.18. The van der Waals surface area contributed by atoms with Crippen LogP contribution in [0.15, 0.2) is 18.3 Å². The van der Waals surface area contributed by atoms with E-state index in [1.165, 1.54) is 11.8 Å². The molecule has 0 saturated carbocycles. The second kappa shape index (κ2) is 4.52. The van der Waals surface area contributed by atoms with Gasteiger partial charge in [-0.1, -0.05) is 0 Å². The summed E-state index contributed by atoms with van der Waals surface area (Å²) in [5.41, 5.74) is 1.67. The van der Waals surface area contributed by atoms with Crippen LogP contribution in [0, 0.1) is 0 Å². The lowest BCUT2D eigenvalue weighted by Gasteiger charge is -1.99. The predicted molar refractivity (Wildman–Crippen MR) is 62.3 cm³/mol. The van der Waals surface area contributed by atoms with Gasteiger partial charge in [-0.2, -0.15) is 0 Å². The van der Waals surface area contributed by atoms with E-state index in [1.807, 2.05) is 23.7 Å². The Morgan fingerprint density at radius 1 is 1.62 bits per heavy atom. The molecular weight excluding hydrogens is 226 g/mol. The van der Waals surface area contributed by atoms with Crippen molar-refractivity contribution in [3.05, 3.63) is 24.2 Å². The van der Waals surface area contributed by atoms with Gasteiger partial charge in [0, 0.05) is 13.2 Å². The maximum absolute atomic E-state index is 10.4. The lowest BCUT2D eigenvalue weighted by molar-refractivity contribution is -0.133. The first-order valence-corrected chi connectivity index (χ1v) is 5.90. The fraction of sp³-hybridized carbons (Fsp3) is 0.300. The number of carboxylic acids is 1. The number of pyridine rings is 1. The quantitative estimate of drug-likeness (QED) is 0.867. The van der Waals surface area contributed by atoms with Gasteiger partial charge in [-0.05, 0) is 12.1 Å². The van der Waals surface area contributed by atoms with Crippen molar-refractivity contribution in [3.63, 3.8) is 0 Å². The largest absolute Gasteiger partial charge is 0.481 e. The highest BCUT2D eigenvalue weighted by atomic mass is 32.2. The number of thioether (sulfide) groups is 1. The summed E-state index contributed by atoms with van der Waals surface area (Å²) in [6.07, 6.45) is 1.72. The van der Waals surface area contributed by atoms with E-state index in [-0.39, 0.29) is 5.75 Å². The SMILES string of the molecule is Cn1c(CSCC(=O)O)nc2cccnc21. The van der Waals surface area contributed by atoms with Crippen molar-refractivity contribution in [2.75, 3.05) is 5.75 Å². The van der Waals surface area contributed by atoms with Crippen molar-refractivity contribution in [2.24, 2.45) is 7.05 Å². The summed E-state index contributed by atoms with van der Waals surface area (Å²) in [7, 11) is 1.89. The van der Waals surface area contributed by atoms with Crippen LogP contribution in [0.25, 0.3) is 11.2 Å². The molecule has 2 rings (SSSR count). The molecule has 2 aromatic rings. The number of hydrogen-bond donors (Lipinski definition) is 1. The molecule has 0 radical (unpaired) electrons. The van der Waals surface area contributed by atoms with E-state index in [9.17, 15) is 4.79 Å². The van der Waals surface area contributed by atoms with E-state index in [1.54, 1.807) is 6.20 Å². The van der Waals surface area contributed by atoms with Crippen molar-refractivity contribution in [1.29, 1.82) is 0 Å². The Labute approximate surface area is 96.5 Å². The topological polar surface area (TPSA) is 68.0 Å².